The first kappa shape index (κ1) is 16.1. The molecule has 0 N–H and O–H groups in total. The molecule has 0 saturated carbocycles. The first-order valence-electron chi connectivity index (χ1n) is 7.96. The third-order valence-corrected chi connectivity index (χ3v) is 4.02. The summed E-state index contributed by atoms with van der Waals surface area (Å²) in [5.74, 6) is 0.413. The molecule has 2 amide bonds. The molecule has 0 spiro atoms. The van der Waals surface area contributed by atoms with Gasteiger partial charge in [-0.3, -0.25) is 9.59 Å². The van der Waals surface area contributed by atoms with Gasteiger partial charge in [-0.05, 0) is 31.2 Å². The van der Waals surface area contributed by atoms with E-state index in [1.54, 1.807) is 9.80 Å². The Bertz CT molecular complexity index is 713. The third-order valence-electron chi connectivity index (χ3n) is 4.02. The van der Waals surface area contributed by atoms with Crippen LogP contribution in [0.4, 0.5) is 5.69 Å². The van der Waals surface area contributed by atoms with Gasteiger partial charge in [0, 0.05) is 18.8 Å². The second kappa shape index (κ2) is 7.17. The molecular weight excluding hydrogens is 304 g/mol. The number of carbonyl (C=O) groups is 2. The fourth-order valence-electron chi connectivity index (χ4n) is 2.64. The lowest BCUT2D eigenvalue weighted by molar-refractivity contribution is -0.138. The van der Waals surface area contributed by atoms with Crippen LogP contribution in [-0.2, 0) is 9.59 Å². The Morgan fingerprint density at radius 2 is 1.75 bits per heavy atom. The highest BCUT2D eigenvalue weighted by molar-refractivity contribution is 5.98. The molecule has 0 bridgehead atoms. The van der Waals surface area contributed by atoms with Crippen molar-refractivity contribution in [3.8, 4) is 5.75 Å². The average Bonchev–Trinajstić information content (AvgIpc) is 2.61. The van der Waals surface area contributed by atoms with E-state index >= 15 is 0 Å². The highest BCUT2D eigenvalue weighted by atomic mass is 16.5. The molecule has 24 heavy (non-hydrogen) atoms. The zero-order valence-electron chi connectivity index (χ0n) is 13.6. The highest BCUT2D eigenvalue weighted by Crippen LogP contribution is 2.17. The first-order valence-corrected chi connectivity index (χ1v) is 7.96. The molecule has 0 unspecified atom stereocenters. The molecule has 2 aromatic carbocycles. The van der Waals surface area contributed by atoms with Gasteiger partial charge in [0.1, 0.15) is 12.3 Å². The van der Waals surface area contributed by atoms with Crippen LogP contribution in [0.25, 0.3) is 0 Å². The van der Waals surface area contributed by atoms with Gasteiger partial charge in [0.2, 0.25) is 5.91 Å². The lowest BCUT2D eigenvalue weighted by Gasteiger charge is -2.34. The maximum atomic E-state index is 12.3. The largest absolute Gasteiger partial charge is 0.484 e. The van der Waals surface area contributed by atoms with Crippen molar-refractivity contribution in [1.82, 2.24) is 4.90 Å². The van der Waals surface area contributed by atoms with Crippen molar-refractivity contribution in [3.63, 3.8) is 0 Å². The van der Waals surface area contributed by atoms with Crippen LogP contribution in [0.3, 0.4) is 0 Å². The Labute approximate surface area is 141 Å². The van der Waals surface area contributed by atoms with E-state index < -0.39 is 0 Å². The normalized spacial score (nSPS) is 14.6. The number of hydrogen-bond acceptors (Lipinski definition) is 3. The predicted molar refractivity (Wildman–Crippen MR) is 92.0 cm³/mol. The van der Waals surface area contributed by atoms with E-state index in [0.717, 1.165) is 11.3 Å². The van der Waals surface area contributed by atoms with Crippen LogP contribution < -0.4 is 9.64 Å². The average molecular weight is 324 g/mol. The standard InChI is InChI=1S/C19H20N2O3/c1-15-7-9-17(10-8-15)24-14-19(23)20-11-12-21(18(22)13-20)16-5-3-2-4-6-16/h2-10H,11-14H2,1H3. The topological polar surface area (TPSA) is 49.9 Å². The monoisotopic (exact) mass is 324 g/mol. The number of ether oxygens (including phenoxy) is 1. The Hall–Kier alpha value is -2.82. The molecule has 1 aliphatic heterocycles. The summed E-state index contributed by atoms with van der Waals surface area (Å²) in [5.41, 5.74) is 2.00. The quantitative estimate of drug-likeness (QED) is 0.867. The minimum Gasteiger partial charge on any atom is -0.484 e. The van der Waals surface area contributed by atoms with Crippen LogP contribution in [0.1, 0.15) is 5.56 Å². The smallest absolute Gasteiger partial charge is 0.261 e. The molecule has 0 radical (unpaired) electrons. The Morgan fingerprint density at radius 1 is 1.04 bits per heavy atom. The number of carbonyl (C=O) groups excluding carboxylic acids is 2. The third kappa shape index (κ3) is 3.74. The lowest BCUT2D eigenvalue weighted by atomic mass is 10.2. The van der Waals surface area contributed by atoms with E-state index in [2.05, 4.69) is 0 Å². The summed E-state index contributed by atoms with van der Waals surface area (Å²) in [6.07, 6.45) is 0. The van der Waals surface area contributed by atoms with Crippen LogP contribution in [0.2, 0.25) is 0 Å². The van der Waals surface area contributed by atoms with E-state index in [9.17, 15) is 9.59 Å². The molecule has 5 nitrogen and oxygen atoms in total. The summed E-state index contributed by atoms with van der Waals surface area (Å²) in [4.78, 5) is 27.8. The molecule has 2 aromatic rings. The van der Waals surface area contributed by atoms with Gasteiger partial charge in [-0.1, -0.05) is 35.9 Å². The van der Waals surface area contributed by atoms with Gasteiger partial charge in [0.25, 0.3) is 5.91 Å². The molecule has 1 fully saturated rings. The number of rotatable bonds is 4. The number of hydrogen-bond donors (Lipinski definition) is 0. The minimum atomic E-state index is -0.170. The summed E-state index contributed by atoms with van der Waals surface area (Å²) in [6.45, 7) is 3.04. The first-order chi connectivity index (χ1) is 11.6. The Kier molecular flexibility index (Phi) is 4.79. The Morgan fingerprint density at radius 3 is 2.42 bits per heavy atom. The van der Waals surface area contributed by atoms with Gasteiger partial charge in [0.05, 0.1) is 0 Å². The molecule has 124 valence electrons. The van der Waals surface area contributed by atoms with Crippen molar-refractivity contribution in [1.29, 1.82) is 0 Å². The maximum absolute atomic E-state index is 12.3. The number of aryl methyl sites for hydroxylation is 1. The zero-order chi connectivity index (χ0) is 16.9. The van der Waals surface area contributed by atoms with Gasteiger partial charge in [-0.25, -0.2) is 0 Å². The van der Waals surface area contributed by atoms with Crippen LogP contribution in [0.5, 0.6) is 5.75 Å². The van der Waals surface area contributed by atoms with Gasteiger partial charge in [-0.2, -0.15) is 0 Å². The minimum absolute atomic E-state index is 0.0539. The van der Waals surface area contributed by atoms with E-state index in [4.69, 9.17) is 4.74 Å². The molecule has 3 rings (SSSR count). The predicted octanol–water partition coefficient (Wildman–Crippen LogP) is 2.25. The van der Waals surface area contributed by atoms with Crippen molar-refractivity contribution < 1.29 is 14.3 Å². The molecule has 1 aliphatic rings. The Balaban J connectivity index is 1.54. The summed E-state index contributed by atoms with van der Waals surface area (Å²) < 4.78 is 5.51. The van der Waals surface area contributed by atoms with Crippen molar-refractivity contribution in [3.05, 3.63) is 60.2 Å². The summed E-state index contributed by atoms with van der Waals surface area (Å²) in [6, 6.07) is 17.0. The van der Waals surface area contributed by atoms with Crippen molar-refractivity contribution in [2.45, 2.75) is 6.92 Å². The number of piperazine rings is 1. The van der Waals surface area contributed by atoms with Crippen molar-refractivity contribution in [2.75, 3.05) is 31.1 Å². The van der Waals surface area contributed by atoms with E-state index in [1.165, 1.54) is 0 Å². The molecule has 0 aliphatic carbocycles. The van der Waals surface area contributed by atoms with Crippen molar-refractivity contribution in [2.24, 2.45) is 0 Å². The van der Waals surface area contributed by atoms with E-state index in [0.29, 0.717) is 18.8 Å². The highest BCUT2D eigenvalue weighted by Gasteiger charge is 2.28. The summed E-state index contributed by atoms with van der Waals surface area (Å²) in [5, 5.41) is 0. The maximum Gasteiger partial charge on any atom is 0.261 e. The van der Waals surface area contributed by atoms with Gasteiger partial charge in [-0.15, -0.1) is 0 Å². The molecule has 5 heteroatoms. The second-order valence-corrected chi connectivity index (χ2v) is 5.80. The van der Waals surface area contributed by atoms with Gasteiger partial charge < -0.3 is 14.5 Å². The van der Waals surface area contributed by atoms with Crippen LogP contribution in [0, 0.1) is 6.92 Å². The number of benzene rings is 2. The fraction of sp³-hybridized carbons (Fsp3) is 0.263. The summed E-state index contributed by atoms with van der Waals surface area (Å²) >= 11 is 0. The van der Waals surface area contributed by atoms with Crippen LogP contribution in [0.15, 0.2) is 54.6 Å². The fourth-order valence-corrected chi connectivity index (χ4v) is 2.64. The van der Waals surface area contributed by atoms with Crippen LogP contribution in [-0.4, -0.2) is 43.0 Å². The number of amides is 2. The second-order valence-electron chi connectivity index (χ2n) is 5.80. The number of nitrogens with zero attached hydrogens (tertiary/aromatic N) is 2. The molecule has 0 aromatic heterocycles. The van der Waals surface area contributed by atoms with Crippen LogP contribution >= 0.6 is 0 Å². The van der Waals surface area contributed by atoms with Gasteiger partial charge >= 0.3 is 0 Å². The number of para-hydroxylation sites is 1. The number of anilines is 1. The molecule has 0 atom stereocenters. The van der Waals surface area contributed by atoms with Crippen molar-refractivity contribution >= 4 is 17.5 Å². The SMILES string of the molecule is Cc1ccc(OCC(=O)N2CCN(c3ccccc3)C(=O)C2)cc1. The van der Waals surface area contributed by atoms with E-state index in [-0.39, 0.29) is 25.0 Å². The van der Waals surface area contributed by atoms with E-state index in [1.807, 2.05) is 61.5 Å². The lowest BCUT2D eigenvalue weighted by Crippen LogP contribution is -2.53. The molecular formula is C19H20N2O3. The summed E-state index contributed by atoms with van der Waals surface area (Å²) in [7, 11) is 0. The van der Waals surface area contributed by atoms with Gasteiger partial charge in [0.15, 0.2) is 6.61 Å². The molecule has 1 heterocycles. The zero-order valence-corrected chi connectivity index (χ0v) is 13.6. The molecule has 1 saturated heterocycles.